The number of aliphatic hydroxyl groups is 4. The summed E-state index contributed by atoms with van der Waals surface area (Å²) in [5.41, 5.74) is 2.92. The molecule has 4 N–H and O–H groups in total. The fourth-order valence-corrected chi connectivity index (χ4v) is 2.35. The molecule has 0 spiro atoms. The average Bonchev–Trinajstić information content (AvgIpc) is 2.49. The molecule has 0 amide bonds. The summed E-state index contributed by atoms with van der Waals surface area (Å²) in [6.07, 6.45) is -5.16. The molecule has 1 aromatic carbocycles. The molecule has 5 atom stereocenters. The molecule has 0 radical (unpaired) electrons. The van der Waals surface area contributed by atoms with Crippen molar-refractivity contribution in [1.82, 2.24) is 0 Å². The molecule has 2 rings (SSSR count). The van der Waals surface area contributed by atoms with Gasteiger partial charge in [-0.25, -0.2) is 0 Å². The minimum absolute atomic E-state index is 0.402. The van der Waals surface area contributed by atoms with Crippen molar-refractivity contribution in [2.45, 2.75) is 44.6 Å². The van der Waals surface area contributed by atoms with Crippen LogP contribution in [0.15, 0.2) is 18.2 Å². The second kappa shape index (κ2) is 6.83. The average molecular weight is 298 g/mol. The minimum Gasteiger partial charge on any atom is -0.394 e. The smallest absolute Gasteiger partial charge is 0.184 e. The van der Waals surface area contributed by atoms with Gasteiger partial charge in [-0.3, -0.25) is 0 Å². The predicted molar refractivity (Wildman–Crippen MR) is 74.6 cm³/mol. The number of aryl methyl sites for hydroxylation is 2. The third kappa shape index (κ3) is 3.42. The van der Waals surface area contributed by atoms with E-state index in [0.29, 0.717) is 0 Å². The Bertz CT molecular complexity index is 477. The van der Waals surface area contributed by atoms with Gasteiger partial charge in [0.2, 0.25) is 0 Å². The standard InChI is InChI=1S/C15H22O6/c1-8-3-4-10(5-9(8)2)15-20-12(7-17)13(19)14(21-15)11(18)6-16/h3-5,11-19H,6-7H2,1-2H3/t11-,12+,13-,14-,15-/m1/s1. The molecule has 0 bridgehead atoms. The van der Waals surface area contributed by atoms with Gasteiger partial charge in [0.1, 0.15) is 24.4 Å². The van der Waals surface area contributed by atoms with E-state index >= 15 is 0 Å². The topological polar surface area (TPSA) is 99.4 Å². The Hall–Kier alpha value is -1.02. The molecule has 1 heterocycles. The highest BCUT2D eigenvalue weighted by Crippen LogP contribution is 2.32. The number of hydrogen-bond acceptors (Lipinski definition) is 6. The lowest BCUT2D eigenvalue weighted by atomic mass is 10.0. The molecule has 118 valence electrons. The zero-order valence-corrected chi connectivity index (χ0v) is 12.1. The van der Waals surface area contributed by atoms with Gasteiger partial charge >= 0.3 is 0 Å². The van der Waals surface area contributed by atoms with E-state index in [4.69, 9.17) is 14.6 Å². The second-order valence-electron chi connectivity index (χ2n) is 5.37. The molecule has 0 aliphatic carbocycles. The van der Waals surface area contributed by atoms with Crippen molar-refractivity contribution in [2.24, 2.45) is 0 Å². The maximum atomic E-state index is 10.0. The van der Waals surface area contributed by atoms with E-state index in [9.17, 15) is 15.3 Å². The van der Waals surface area contributed by atoms with Crippen molar-refractivity contribution >= 4 is 0 Å². The van der Waals surface area contributed by atoms with Gasteiger partial charge in [-0.2, -0.15) is 0 Å². The van der Waals surface area contributed by atoms with Crippen LogP contribution in [0, 0.1) is 13.8 Å². The Morgan fingerprint density at radius 1 is 1.14 bits per heavy atom. The maximum Gasteiger partial charge on any atom is 0.184 e. The molecule has 1 aromatic rings. The lowest BCUT2D eigenvalue weighted by Crippen LogP contribution is -2.54. The molecule has 1 aliphatic heterocycles. The lowest BCUT2D eigenvalue weighted by molar-refractivity contribution is -0.310. The summed E-state index contributed by atoms with van der Waals surface area (Å²) in [6.45, 7) is 3.00. The van der Waals surface area contributed by atoms with Gasteiger partial charge in [-0.15, -0.1) is 0 Å². The molecular formula is C15H22O6. The van der Waals surface area contributed by atoms with E-state index in [-0.39, 0.29) is 0 Å². The quantitative estimate of drug-likeness (QED) is 0.614. The normalized spacial score (nSPS) is 31.1. The van der Waals surface area contributed by atoms with Gasteiger partial charge in [-0.1, -0.05) is 18.2 Å². The summed E-state index contributed by atoms with van der Waals surface area (Å²) in [5.74, 6) is 0. The van der Waals surface area contributed by atoms with Crippen LogP contribution in [-0.2, 0) is 9.47 Å². The molecule has 0 unspecified atom stereocenters. The van der Waals surface area contributed by atoms with E-state index in [0.717, 1.165) is 16.7 Å². The lowest BCUT2D eigenvalue weighted by Gasteiger charge is -2.40. The van der Waals surface area contributed by atoms with Crippen LogP contribution in [0.5, 0.6) is 0 Å². The van der Waals surface area contributed by atoms with Crippen molar-refractivity contribution in [2.75, 3.05) is 13.2 Å². The maximum absolute atomic E-state index is 10.0. The predicted octanol–water partition coefficient (Wildman–Crippen LogP) is -0.208. The van der Waals surface area contributed by atoms with Crippen LogP contribution in [0.2, 0.25) is 0 Å². The summed E-state index contributed by atoms with van der Waals surface area (Å²) in [5, 5.41) is 38.1. The number of ether oxygens (including phenoxy) is 2. The van der Waals surface area contributed by atoms with Gasteiger partial charge in [0, 0.05) is 5.56 Å². The Morgan fingerprint density at radius 3 is 2.43 bits per heavy atom. The van der Waals surface area contributed by atoms with Crippen LogP contribution in [0.25, 0.3) is 0 Å². The van der Waals surface area contributed by atoms with Crippen molar-refractivity contribution in [3.63, 3.8) is 0 Å². The highest BCUT2D eigenvalue weighted by Gasteiger charge is 2.42. The largest absolute Gasteiger partial charge is 0.394 e. The number of hydrogen-bond donors (Lipinski definition) is 4. The molecule has 1 saturated heterocycles. The number of benzene rings is 1. The molecule has 21 heavy (non-hydrogen) atoms. The third-order valence-electron chi connectivity index (χ3n) is 3.85. The van der Waals surface area contributed by atoms with E-state index in [1.165, 1.54) is 0 Å². The summed E-state index contributed by atoms with van der Waals surface area (Å²) in [7, 11) is 0. The van der Waals surface area contributed by atoms with E-state index in [1.54, 1.807) is 0 Å². The van der Waals surface area contributed by atoms with Crippen LogP contribution in [0.3, 0.4) is 0 Å². The fourth-order valence-electron chi connectivity index (χ4n) is 2.35. The molecule has 6 heteroatoms. The van der Waals surface area contributed by atoms with Crippen molar-refractivity contribution in [3.05, 3.63) is 34.9 Å². The van der Waals surface area contributed by atoms with Gasteiger partial charge in [0.05, 0.1) is 13.2 Å². The van der Waals surface area contributed by atoms with Gasteiger partial charge in [-0.05, 0) is 25.0 Å². The molecule has 1 fully saturated rings. The van der Waals surface area contributed by atoms with Gasteiger partial charge in [0.15, 0.2) is 6.29 Å². The van der Waals surface area contributed by atoms with Gasteiger partial charge in [0.25, 0.3) is 0 Å². The SMILES string of the molecule is Cc1ccc([C@H]2O[C@H]([C@H](O)CO)[C@H](O)[C@H](CO)O2)cc1C. The third-order valence-corrected chi connectivity index (χ3v) is 3.85. The van der Waals surface area contributed by atoms with E-state index < -0.39 is 43.9 Å². The molecular weight excluding hydrogens is 276 g/mol. The zero-order chi connectivity index (χ0) is 15.6. The van der Waals surface area contributed by atoms with Crippen molar-refractivity contribution in [1.29, 1.82) is 0 Å². The first kappa shape index (κ1) is 16.4. The summed E-state index contributed by atoms with van der Waals surface area (Å²) >= 11 is 0. The zero-order valence-electron chi connectivity index (χ0n) is 12.1. The number of rotatable bonds is 4. The Morgan fingerprint density at radius 2 is 1.86 bits per heavy atom. The fraction of sp³-hybridized carbons (Fsp3) is 0.600. The first-order chi connectivity index (χ1) is 9.97. The summed E-state index contributed by atoms with van der Waals surface area (Å²) in [4.78, 5) is 0. The van der Waals surface area contributed by atoms with Crippen LogP contribution in [-0.4, -0.2) is 58.1 Å². The second-order valence-corrected chi connectivity index (χ2v) is 5.37. The van der Waals surface area contributed by atoms with E-state index in [2.05, 4.69) is 0 Å². The Kier molecular flexibility index (Phi) is 5.32. The first-order valence-corrected chi connectivity index (χ1v) is 6.93. The molecule has 0 aromatic heterocycles. The summed E-state index contributed by atoms with van der Waals surface area (Å²) in [6, 6.07) is 5.66. The Balaban J connectivity index is 2.24. The monoisotopic (exact) mass is 298 g/mol. The Labute approximate surface area is 123 Å². The van der Waals surface area contributed by atoms with Crippen LogP contribution in [0.4, 0.5) is 0 Å². The van der Waals surface area contributed by atoms with Crippen LogP contribution >= 0.6 is 0 Å². The highest BCUT2D eigenvalue weighted by molar-refractivity contribution is 5.30. The highest BCUT2D eigenvalue weighted by atomic mass is 16.7. The summed E-state index contributed by atoms with van der Waals surface area (Å²) < 4.78 is 11.1. The van der Waals surface area contributed by atoms with Gasteiger partial charge < -0.3 is 29.9 Å². The van der Waals surface area contributed by atoms with Crippen LogP contribution in [0.1, 0.15) is 23.0 Å². The van der Waals surface area contributed by atoms with Crippen LogP contribution < -0.4 is 0 Å². The molecule has 1 aliphatic rings. The molecule has 0 saturated carbocycles. The first-order valence-electron chi connectivity index (χ1n) is 6.93. The number of aliphatic hydroxyl groups excluding tert-OH is 4. The van der Waals surface area contributed by atoms with E-state index in [1.807, 2.05) is 32.0 Å². The van der Waals surface area contributed by atoms with Crippen molar-refractivity contribution < 1.29 is 29.9 Å². The van der Waals surface area contributed by atoms with Crippen molar-refractivity contribution in [3.8, 4) is 0 Å². The molecule has 6 nitrogen and oxygen atoms in total. The minimum atomic E-state index is -1.24.